The van der Waals surface area contributed by atoms with Crippen molar-refractivity contribution >= 4 is 17.1 Å². The van der Waals surface area contributed by atoms with Crippen LogP contribution in [0.4, 0.5) is 9.18 Å². The zero-order valence-electron chi connectivity index (χ0n) is 19.2. The molecule has 2 atom stereocenters. The van der Waals surface area contributed by atoms with Gasteiger partial charge in [0.1, 0.15) is 23.8 Å². The van der Waals surface area contributed by atoms with Gasteiger partial charge in [-0.1, -0.05) is 0 Å². The van der Waals surface area contributed by atoms with Gasteiger partial charge in [0.25, 0.3) is 0 Å². The lowest BCUT2D eigenvalue weighted by molar-refractivity contribution is -0.111. The van der Waals surface area contributed by atoms with Gasteiger partial charge in [0.2, 0.25) is 5.88 Å². The zero-order valence-corrected chi connectivity index (χ0v) is 19.2. The minimum atomic E-state index is -0.520. The lowest BCUT2D eigenvalue weighted by atomic mass is 9.84. The molecule has 6 rings (SSSR count). The Kier molecular flexibility index (Phi) is 5.11. The Balaban J connectivity index is 1.25. The van der Waals surface area contributed by atoms with E-state index in [1.165, 1.54) is 12.4 Å². The van der Waals surface area contributed by atoms with Crippen LogP contribution in [0.1, 0.15) is 25.3 Å². The zero-order chi connectivity index (χ0) is 24.2. The van der Waals surface area contributed by atoms with Crippen molar-refractivity contribution in [1.82, 2.24) is 19.4 Å². The fourth-order valence-corrected chi connectivity index (χ4v) is 4.91. The average molecular weight is 477 g/mol. The number of hydrogen-bond donors (Lipinski definition) is 0. The minimum Gasteiger partial charge on any atom is -0.473 e. The first-order chi connectivity index (χ1) is 16.9. The molecule has 2 aromatic heterocycles. The van der Waals surface area contributed by atoms with Crippen LogP contribution >= 0.6 is 0 Å². The van der Waals surface area contributed by atoms with E-state index in [-0.39, 0.29) is 40.9 Å². The van der Waals surface area contributed by atoms with Gasteiger partial charge in [-0.15, -0.1) is 0 Å². The van der Waals surface area contributed by atoms with Gasteiger partial charge in [-0.25, -0.2) is 19.2 Å². The molecule has 1 amide bonds. The van der Waals surface area contributed by atoms with E-state index >= 15 is 0 Å². The highest BCUT2D eigenvalue weighted by atomic mass is 19.1. The molecule has 4 heterocycles. The van der Waals surface area contributed by atoms with Crippen LogP contribution in [0.5, 0.6) is 5.88 Å². The molecule has 1 saturated carbocycles. The Labute approximate surface area is 201 Å². The normalized spacial score (nSPS) is 24.6. The van der Waals surface area contributed by atoms with Crippen molar-refractivity contribution in [3.05, 3.63) is 48.2 Å². The predicted octanol–water partition coefficient (Wildman–Crippen LogP) is 3.45. The Morgan fingerprint density at radius 2 is 2.00 bits per heavy atom. The van der Waals surface area contributed by atoms with Crippen molar-refractivity contribution in [2.45, 2.75) is 31.5 Å². The molecule has 2 aliphatic heterocycles. The molecule has 2 unspecified atom stereocenters. The van der Waals surface area contributed by atoms with Crippen LogP contribution in [-0.4, -0.2) is 63.5 Å². The highest BCUT2D eigenvalue weighted by Crippen LogP contribution is 2.40. The highest BCUT2D eigenvalue weighted by Gasteiger charge is 2.47. The van der Waals surface area contributed by atoms with Crippen LogP contribution in [0.3, 0.4) is 0 Å². The number of hydrogen-bond acceptors (Lipinski definition) is 7. The molecule has 0 radical (unpaired) electrons. The number of halogens is 1. The van der Waals surface area contributed by atoms with Crippen molar-refractivity contribution < 1.29 is 23.4 Å². The molecule has 35 heavy (non-hydrogen) atoms. The molecule has 1 aliphatic carbocycles. The summed E-state index contributed by atoms with van der Waals surface area (Å²) < 4.78 is 34.1. The second-order valence-corrected chi connectivity index (χ2v) is 9.74. The number of fused-ring (bicyclic) bond motifs is 3. The maximum Gasteiger partial charge on any atom is 0.410 e. The van der Waals surface area contributed by atoms with Gasteiger partial charge in [-0.05, 0) is 44.0 Å². The summed E-state index contributed by atoms with van der Waals surface area (Å²) in [6.45, 7) is 3.90. The first-order valence-corrected chi connectivity index (χ1v) is 11.7. The van der Waals surface area contributed by atoms with E-state index in [1.807, 2.05) is 13.0 Å². The van der Waals surface area contributed by atoms with Crippen LogP contribution in [0.2, 0.25) is 0 Å². The summed E-state index contributed by atoms with van der Waals surface area (Å²) in [7, 11) is 0. The first-order valence-electron chi connectivity index (χ1n) is 11.7. The van der Waals surface area contributed by atoms with Crippen molar-refractivity contribution in [1.29, 1.82) is 5.26 Å². The van der Waals surface area contributed by atoms with Crippen molar-refractivity contribution in [2.75, 3.05) is 26.3 Å². The molecule has 0 spiro atoms. The van der Waals surface area contributed by atoms with Crippen LogP contribution in [0.25, 0.3) is 16.7 Å². The van der Waals surface area contributed by atoms with Gasteiger partial charge in [0.15, 0.2) is 5.65 Å². The van der Waals surface area contributed by atoms with Gasteiger partial charge < -0.3 is 19.1 Å². The topological polar surface area (TPSA) is 102 Å². The third-order valence-electron chi connectivity index (χ3n) is 7.08. The highest BCUT2D eigenvalue weighted by molar-refractivity contribution is 5.83. The number of benzene rings is 1. The second kappa shape index (κ2) is 8.20. The van der Waals surface area contributed by atoms with Crippen LogP contribution < -0.4 is 4.74 Å². The van der Waals surface area contributed by atoms with E-state index in [0.29, 0.717) is 43.2 Å². The number of carbonyl (C=O) groups excluding carboxylic acids is 1. The monoisotopic (exact) mass is 477 g/mol. The number of aromatic nitrogens is 3. The summed E-state index contributed by atoms with van der Waals surface area (Å²) in [6, 6.07) is 8.04. The molecule has 3 aliphatic rings. The number of carbonyl (C=O) groups is 1. The van der Waals surface area contributed by atoms with E-state index in [9.17, 15) is 9.18 Å². The SMILES string of the molecule is CC1(OC(=O)N2CC3COCC(C2)C3Oc2ncnc3c2ccn3-c2ccc(C#N)cc2F)CC1. The smallest absolute Gasteiger partial charge is 0.410 e. The van der Waals surface area contributed by atoms with E-state index in [2.05, 4.69) is 9.97 Å². The fourth-order valence-electron chi connectivity index (χ4n) is 4.91. The number of nitrogens with zero attached hydrogens (tertiary/aromatic N) is 5. The quantitative estimate of drug-likeness (QED) is 0.567. The molecular formula is C25H24FN5O4. The van der Waals surface area contributed by atoms with Gasteiger partial charge in [-0.3, -0.25) is 4.57 Å². The Hall–Kier alpha value is -3.71. The molecule has 2 bridgehead atoms. The van der Waals surface area contributed by atoms with Crippen molar-refractivity contribution in [3.63, 3.8) is 0 Å². The van der Waals surface area contributed by atoms with Gasteiger partial charge in [0.05, 0.1) is 35.9 Å². The van der Waals surface area contributed by atoms with Gasteiger partial charge in [0, 0.05) is 31.1 Å². The summed E-state index contributed by atoms with van der Waals surface area (Å²) in [4.78, 5) is 23.2. The molecule has 10 heteroatoms. The molecule has 3 fully saturated rings. The largest absolute Gasteiger partial charge is 0.473 e. The summed E-state index contributed by atoms with van der Waals surface area (Å²) >= 11 is 0. The average Bonchev–Trinajstić information content (AvgIpc) is 3.40. The third-order valence-corrected chi connectivity index (χ3v) is 7.08. The molecule has 3 aromatic rings. The fraction of sp³-hybridized carbons (Fsp3) is 0.440. The standard InChI is InChI=1S/C25H24FN5O4/c1-25(5-6-25)35-24(32)30-10-16-12-33-13-17(11-30)21(16)34-23-18-4-7-31(22(18)28-14-29-23)20-3-2-15(9-27)8-19(20)26/h2-4,7-8,14,16-17,21H,5-6,10-13H2,1H3. The Morgan fingerprint density at radius 3 is 2.69 bits per heavy atom. The van der Waals surface area contributed by atoms with Crippen LogP contribution in [-0.2, 0) is 9.47 Å². The van der Waals surface area contributed by atoms with Crippen LogP contribution in [0, 0.1) is 29.0 Å². The van der Waals surface area contributed by atoms with E-state index in [1.54, 1.807) is 33.9 Å². The minimum absolute atomic E-state index is 0.0230. The number of piperidine rings is 1. The van der Waals surface area contributed by atoms with E-state index in [4.69, 9.17) is 19.5 Å². The Bertz CT molecular complexity index is 1330. The summed E-state index contributed by atoms with van der Waals surface area (Å²) in [5.74, 6) is -0.157. The van der Waals surface area contributed by atoms with Gasteiger partial charge >= 0.3 is 6.09 Å². The maximum absolute atomic E-state index is 14.7. The summed E-state index contributed by atoms with van der Waals surface area (Å²) in [5.41, 5.74) is 0.713. The Morgan fingerprint density at radius 1 is 1.23 bits per heavy atom. The molecule has 180 valence electrons. The number of ether oxygens (including phenoxy) is 3. The predicted molar refractivity (Wildman–Crippen MR) is 121 cm³/mol. The molecule has 9 nitrogen and oxygen atoms in total. The third kappa shape index (κ3) is 3.96. The van der Waals surface area contributed by atoms with E-state index in [0.717, 1.165) is 12.8 Å². The second-order valence-electron chi connectivity index (χ2n) is 9.74. The number of likely N-dealkylation sites (tertiary alicyclic amines) is 1. The first kappa shape index (κ1) is 21.8. The lowest BCUT2D eigenvalue weighted by Crippen LogP contribution is -2.59. The molecule has 1 aromatic carbocycles. The maximum atomic E-state index is 14.7. The number of rotatable bonds is 4. The number of amides is 1. The lowest BCUT2D eigenvalue weighted by Gasteiger charge is -2.46. The van der Waals surface area contributed by atoms with Gasteiger partial charge in [-0.2, -0.15) is 5.26 Å². The summed E-state index contributed by atoms with van der Waals surface area (Å²) in [6.07, 6.45) is 4.46. The molecule has 0 N–H and O–H groups in total. The molecular weight excluding hydrogens is 453 g/mol. The van der Waals surface area contributed by atoms with Crippen molar-refractivity contribution in [3.8, 4) is 17.6 Å². The van der Waals surface area contributed by atoms with Crippen LogP contribution in [0.15, 0.2) is 36.8 Å². The number of nitriles is 1. The summed E-state index contributed by atoms with van der Waals surface area (Å²) in [5, 5.41) is 9.67. The van der Waals surface area contributed by atoms with E-state index < -0.39 is 5.82 Å². The molecule has 2 saturated heterocycles. The van der Waals surface area contributed by atoms with Crippen molar-refractivity contribution in [2.24, 2.45) is 11.8 Å².